The molecule has 190 valence electrons. The van der Waals surface area contributed by atoms with Crippen molar-refractivity contribution in [2.75, 3.05) is 0 Å². The highest BCUT2D eigenvalue weighted by molar-refractivity contribution is 5.89. The number of fused-ring (bicyclic) bond motifs is 1. The maximum Gasteiger partial charge on any atom is 0.314 e. The molecule has 5 heteroatoms. The Bertz CT molecular complexity index is 667. The van der Waals surface area contributed by atoms with Crippen molar-refractivity contribution in [1.82, 2.24) is 0 Å². The minimum Gasteiger partial charge on any atom is -0.483 e. The smallest absolute Gasteiger partial charge is 0.314 e. The van der Waals surface area contributed by atoms with Crippen LogP contribution in [0.15, 0.2) is 11.8 Å². The summed E-state index contributed by atoms with van der Waals surface area (Å²) >= 11 is 0. The van der Waals surface area contributed by atoms with Crippen LogP contribution in [-0.4, -0.2) is 28.3 Å². The van der Waals surface area contributed by atoms with E-state index in [-0.39, 0.29) is 6.10 Å². The van der Waals surface area contributed by atoms with Crippen molar-refractivity contribution >= 4 is 11.9 Å². The molecule has 0 radical (unpaired) electrons. The summed E-state index contributed by atoms with van der Waals surface area (Å²) in [6, 6.07) is 0. The molecule has 3 atom stereocenters. The summed E-state index contributed by atoms with van der Waals surface area (Å²) in [5.41, 5.74) is -2.64. The third kappa shape index (κ3) is 7.48. The largest absolute Gasteiger partial charge is 0.483 e. The fourth-order valence-corrected chi connectivity index (χ4v) is 5.67. The molecule has 0 spiro atoms. The summed E-state index contributed by atoms with van der Waals surface area (Å²) < 4.78 is 5.59. The van der Waals surface area contributed by atoms with E-state index >= 15 is 0 Å². The van der Waals surface area contributed by atoms with Crippen LogP contribution in [0.1, 0.15) is 124 Å². The number of carboxylic acid groups (broad SMARTS) is 2. The van der Waals surface area contributed by atoms with Gasteiger partial charge in [0.05, 0.1) is 5.41 Å². The van der Waals surface area contributed by atoms with Crippen LogP contribution in [0.2, 0.25) is 0 Å². The quantitative estimate of drug-likeness (QED) is 0.161. The van der Waals surface area contributed by atoms with Crippen molar-refractivity contribution in [3.63, 3.8) is 0 Å². The van der Waals surface area contributed by atoms with E-state index < -0.39 is 22.8 Å². The fraction of sp³-hybridized carbons (Fsp3) is 0.857. The molecule has 33 heavy (non-hydrogen) atoms. The van der Waals surface area contributed by atoms with Gasteiger partial charge in [0.2, 0.25) is 0 Å². The predicted molar refractivity (Wildman–Crippen MR) is 132 cm³/mol. The molecule has 1 fully saturated rings. The Kier molecular flexibility index (Phi) is 10.8. The first-order valence-electron chi connectivity index (χ1n) is 13.5. The van der Waals surface area contributed by atoms with Crippen LogP contribution in [0.5, 0.6) is 0 Å². The average molecular weight is 465 g/mol. The maximum atomic E-state index is 12.7. The monoisotopic (exact) mass is 464 g/mol. The van der Waals surface area contributed by atoms with Crippen LogP contribution >= 0.6 is 0 Å². The molecule has 1 aliphatic heterocycles. The average Bonchev–Trinajstić information content (AvgIpc) is 3.48. The van der Waals surface area contributed by atoms with Gasteiger partial charge in [0.25, 0.3) is 0 Å². The number of rotatable bonds is 18. The number of unbranched alkanes of at least 4 members (excludes halogenated alkanes) is 8. The summed E-state index contributed by atoms with van der Waals surface area (Å²) in [6.07, 6.45) is 15.3. The molecule has 0 aromatic heterocycles. The molecule has 0 aromatic rings. The molecule has 2 aliphatic rings. The third-order valence-corrected chi connectivity index (χ3v) is 7.84. The van der Waals surface area contributed by atoms with Gasteiger partial charge in [-0.1, -0.05) is 105 Å². The molecule has 0 aromatic carbocycles. The molecular formula is C28H48O5. The van der Waals surface area contributed by atoms with Crippen LogP contribution in [0.3, 0.4) is 0 Å². The van der Waals surface area contributed by atoms with Gasteiger partial charge in [-0.3, -0.25) is 9.59 Å². The van der Waals surface area contributed by atoms with Gasteiger partial charge in [0.15, 0.2) is 6.10 Å². The standard InChI is InChI=1S/C28H48O5/c1-21(2)15-11-7-5-9-13-17-27(25(29)30)19-23-24(33-23)20-28(27,26(31)32)18-14-10-6-8-12-16-22(3)4/h19,21-22,24H,5-18,20H2,1-4H3,(H,29,30)(H,31,32). The van der Waals surface area contributed by atoms with Crippen LogP contribution in [0.25, 0.3) is 0 Å². The van der Waals surface area contributed by atoms with Crippen molar-refractivity contribution in [3.05, 3.63) is 11.8 Å². The number of hydrogen-bond donors (Lipinski definition) is 2. The number of hydrogen-bond acceptors (Lipinski definition) is 3. The lowest BCUT2D eigenvalue weighted by Gasteiger charge is -2.44. The third-order valence-electron chi connectivity index (χ3n) is 7.84. The Morgan fingerprint density at radius 1 is 0.818 bits per heavy atom. The van der Waals surface area contributed by atoms with E-state index in [9.17, 15) is 19.8 Å². The van der Waals surface area contributed by atoms with Gasteiger partial charge >= 0.3 is 11.9 Å². The summed E-state index contributed by atoms with van der Waals surface area (Å²) in [7, 11) is 0. The number of carboxylic acids is 2. The zero-order chi connectivity index (χ0) is 24.5. The first-order chi connectivity index (χ1) is 15.6. The lowest BCUT2D eigenvalue weighted by atomic mass is 9.54. The second-order valence-corrected chi connectivity index (χ2v) is 11.4. The summed E-state index contributed by atoms with van der Waals surface area (Å²) in [4.78, 5) is 25.4. The molecule has 5 nitrogen and oxygen atoms in total. The van der Waals surface area contributed by atoms with E-state index in [1.807, 2.05) is 0 Å². The van der Waals surface area contributed by atoms with Gasteiger partial charge in [-0.05, 0) is 30.8 Å². The number of carbonyl (C=O) groups is 2. The topological polar surface area (TPSA) is 87.1 Å². The molecule has 1 saturated heterocycles. The van der Waals surface area contributed by atoms with E-state index in [1.165, 1.54) is 25.7 Å². The van der Waals surface area contributed by atoms with Crippen molar-refractivity contribution < 1.29 is 24.5 Å². The Balaban J connectivity index is 1.99. The lowest BCUT2D eigenvalue weighted by molar-refractivity contribution is -0.173. The molecule has 3 unspecified atom stereocenters. The number of aliphatic carboxylic acids is 2. The minimum atomic E-state index is -1.36. The molecule has 2 N–H and O–H groups in total. The highest BCUT2D eigenvalue weighted by Gasteiger charge is 2.66. The van der Waals surface area contributed by atoms with Crippen molar-refractivity contribution in [2.24, 2.45) is 22.7 Å². The van der Waals surface area contributed by atoms with Crippen LogP contribution in [-0.2, 0) is 14.3 Å². The summed E-state index contributed by atoms with van der Waals surface area (Å²) in [5, 5.41) is 20.8. The number of ether oxygens (including phenoxy) is 1. The van der Waals surface area contributed by atoms with E-state index in [2.05, 4.69) is 27.7 Å². The summed E-state index contributed by atoms with van der Waals surface area (Å²) in [5.74, 6) is 0.163. The number of epoxide rings is 1. The molecule has 0 bridgehead atoms. The van der Waals surface area contributed by atoms with Gasteiger partial charge in [-0.15, -0.1) is 0 Å². The Hall–Kier alpha value is -1.52. The van der Waals surface area contributed by atoms with Crippen LogP contribution < -0.4 is 0 Å². The normalized spacial score (nSPS) is 26.1. The first-order valence-corrected chi connectivity index (χ1v) is 13.5. The Labute approximate surface area is 201 Å². The second-order valence-electron chi connectivity index (χ2n) is 11.4. The second kappa shape index (κ2) is 12.8. The fourth-order valence-electron chi connectivity index (χ4n) is 5.67. The van der Waals surface area contributed by atoms with Gasteiger partial charge < -0.3 is 14.9 Å². The predicted octanol–water partition coefficient (Wildman–Crippen LogP) is 7.59. The van der Waals surface area contributed by atoms with Crippen molar-refractivity contribution in [1.29, 1.82) is 0 Å². The molecule has 1 aliphatic carbocycles. The maximum absolute atomic E-state index is 12.7. The van der Waals surface area contributed by atoms with Crippen molar-refractivity contribution in [3.8, 4) is 0 Å². The SMILES string of the molecule is CC(C)CCCCCCCC1(C(=O)O)C=C2OC2CC1(CCCCCCCC(C)C)C(=O)O. The van der Waals surface area contributed by atoms with E-state index in [4.69, 9.17) is 4.74 Å². The molecule has 0 saturated carbocycles. The van der Waals surface area contributed by atoms with E-state index in [0.29, 0.717) is 36.9 Å². The first kappa shape index (κ1) is 27.7. The minimum absolute atomic E-state index is 0.198. The van der Waals surface area contributed by atoms with E-state index in [0.717, 1.165) is 51.4 Å². The van der Waals surface area contributed by atoms with Gasteiger partial charge in [0.1, 0.15) is 11.2 Å². The van der Waals surface area contributed by atoms with Crippen molar-refractivity contribution in [2.45, 2.75) is 130 Å². The zero-order valence-corrected chi connectivity index (χ0v) is 21.5. The summed E-state index contributed by atoms with van der Waals surface area (Å²) in [6.45, 7) is 8.94. The van der Waals surface area contributed by atoms with E-state index in [1.54, 1.807) is 6.08 Å². The molecule has 2 rings (SSSR count). The highest BCUT2D eigenvalue weighted by Crippen LogP contribution is 2.60. The van der Waals surface area contributed by atoms with Crippen LogP contribution in [0, 0.1) is 22.7 Å². The van der Waals surface area contributed by atoms with Gasteiger partial charge in [-0.2, -0.15) is 0 Å². The van der Waals surface area contributed by atoms with Crippen LogP contribution in [0.4, 0.5) is 0 Å². The molecule has 0 amide bonds. The molecular weight excluding hydrogens is 416 g/mol. The zero-order valence-electron chi connectivity index (χ0n) is 21.5. The Morgan fingerprint density at radius 3 is 1.79 bits per heavy atom. The van der Waals surface area contributed by atoms with Gasteiger partial charge in [-0.25, -0.2) is 0 Å². The Morgan fingerprint density at radius 2 is 1.30 bits per heavy atom. The molecule has 1 heterocycles. The van der Waals surface area contributed by atoms with Gasteiger partial charge in [0, 0.05) is 6.42 Å². The lowest BCUT2D eigenvalue weighted by Crippen LogP contribution is -2.53. The highest BCUT2D eigenvalue weighted by atomic mass is 16.6.